The van der Waals surface area contributed by atoms with Crippen molar-refractivity contribution >= 4 is 21.1 Å². The van der Waals surface area contributed by atoms with Crippen molar-refractivity contribution in [2.75, 3.05) is 27.2 Å². The fourth-order valence-electron chi connectivity index (χ4n) is 5.37. The highest BCUT2D eigenvalue weighted by Crippen LogP contribution is 2.40. The molecule has 0 aliphatic carbocycles. The maximum atomic E-state index is 14.8. The van der Waals surface area contributed by atoms with Crippen LogP contribution >= 0.6 is 0 Å². The van der Waals surface area contributed by atoms with Crippen LogP contribution in [0.4, 0.5) is 8.78 Å². The van der Waals surface area contributed by atoms with Gasteiger partial charge < -0.3 is 9.64 Å². The second kappa shape index (κ2) is 10.4. The molecule has 0 spiro atoms. The number of likely N-dealkylation sites (tertiary alicyclic amines) is 1. The highest BCUT2D eigenvalue weighted by atomic mass is 32.2. The predicted octanol–water partition coefficient (Wildman–Crippen LogP) is 5.67. The van der Waals surface area contributed by atoms with Gasteiger partial charge in [0.25, 0.3) is 10.0 Å². The van der Waals surface area contributed by atoms with Crippen LogP contribution < -0.4 is 4.74 Å². The minimum absolute atomic E-state index is 0.0641. The van der Waals surface area contributed by atoms with Crippen LogP contribution in [0.3, 0.4) is 0 Å². The lowest BCUT2D eigenvalue weighted by molar-refractivity contribution is 0.212. The van der Waals surface area contributed by atoms with Crippen LogP contribution in [0.5, 0.6) is 5.75 Å². The van der Waals surface area contributed by atoms with Crippen molar-refractivity contribution in [3.8, 4) is 28.0 Å². The Morgan fingerprint density at radius 1 is 0.951 bits per heavy atom. The molecular weight excluding hydrogens is 548 g/mol. The van der Waals surface area contributed by atoms with Crippen LogP contribution in [0.2, 0.25) is 0 Å². The first-order valence-corrected chi connectivity index (χ1v) is 14.7. The third kappa shape index (κ3) is 4.89. The Labute approximate surface area is 236 Å². The predicted molar refractivity (Wildman–Crippen MR) is 152 cm³/mol. The van der Waals surface area contributed by atoms with Crippen molar-refractivity contribution in [2.45, 2.75) is 30.7 Å². The Morgan fingerprint density at radius 2 is 1.68 bits per heavy atom. The fraction of sp³-hybridized carbons (Fsp3) is 0.267. The van der Waals surface area contributed by atoms with Crippen LogP contribution in [0, 0.1) is 18.6 Å². The number of piperidine rings is 1. The highest BCUT2D eigenvalue weighted by molar-refractivity contribution is 7.90. The van der Waals surface area contributed by atoms with Crippen molar-refractivity contribution in [1.82, 2.24) is 23.6 Å². The normalized spacial score (nSPS) is 15.0. The van der Waals surface area contributed by atoms with Crippen molar-refractivity contribution in [3.63, 3.8) is 0 Å². The number of hydrogen-bond acceptors (Lipinski definition) is 6. The smallest absolute Gasteiger partial charge is 0.269 e. The van der Waals surface area contributed by atoms with Gasteiger partial charge in [-0.05, 0) is 64.2 Å². The summed E-state index contributed by atoms with van der Waals surface area (Å²) < 4.78 is 65.1. The zero-order valence-corrected chi connectivity index (χ0v) is 23.7. The van der Waals surface area contributed by atoms with Crippen molar-refractivity contribution in [2.24, 2.45) is 0 Å². The van der Waals surface area contributed by atoms with E-state index in [1.165, 1.54) is 25.4 Å². The van der Waals surface area contributed by atoms with E-state index < -0.39 is 21.7 Å². The number of benzene rings is 2. The first-order valence-electron chi connectivity index (χ1n) is 13.3. The molecular formula is C30H29F2N5O3S. The molecule has 2 aromatic carbocycles. The van der Waals surface area contributed by atoms with E-state index in [1.807, 2.05) is 17.8 Å². The number of nitrogens with zero attached hydrogens (tertiary/aromatic N) is 5. The van der Waals surface area contributed by atoms with E-state index in [0.29, 0.717) is 10.9 Å². The van der Waals surface area contributed by atoms with Crippen molar-refractivity contribution in [1.29, 1.82) is 0 Å². The van der Waals surface area contributed by atoms with E-state index in [4.69, 9.17) is 4.74 Å². The van der Waals surface area contributed by atoms with Crippen molar-refractivity contribution < 1.29 is 21.9 Å². The molecule has 11 heteroatoms. The number of fused-ring (bicyclic) bond motifs is 1. The SMILES string of the molecule is COc1c(F)cc(F)cc1-c1cn(S(=O)(=O)c2ccc(C)cc2)c2ncc(-c3cnn(C4CCN(C)CC4)c3)cc12. The number of hydrogen-bond donors (Lipinski definition) is 0. The first-order chi connectivity index (χ1) is 19.7. The molecule has 0 unspecified atom stereocenters. The summed E-state index contributed by atoms with van der Waals surface area (Å²) in [6.07, 6.45) is 8.62. The van der Waals surface area contributed by atoms with Gasteiger partial charge >= 0.3 is 0 Å². The molecule has 0 bridgehead atoms. The zero-order valence-electron chi connectivity index (χ0n) is 22.9. The minimum atomic E-state index is -4.10. The number of methoxy groups -OCH3 is 1. The van der Waals surface area contributed by atoms with E-state index in [9.17, 15) is 17.2 Å². The van der Waals surface area contributed by atoms with Crippen LogP contribution in [0.1, 0.15) is 24.4 Å². The molecule has 8 nitrogen and oxygen atoms in total. The topological polar surface area (TPSA) is 82.2 Å². The number of rotatable bonds is 6. The molecule has 0 amide bonds. The van der Waals surface area contributed by atoms with Gasteiger partial charge in [-0.1, -0.05) is 17.7 Å². The molecule has 1 fully saturated rings. The van der Waals surface area contributed by atoms with E-state index >= 15 is 0 Å². The summed E-state index contributed by atoms with van der Waals surface area (Å²) >= 11 is 0. The van der Waals surface area contributed by atoms with Crippen molar-refractivity contribution in [3.05, 3.63) is 84.4 Å². The molecule has 0 saturated carbocycles. The molecule has 41 heavy (non-hydrogen) atoms. The second-order valence-electron chi connectivity index (χ2n) is 10.5. The van der Waals surface area contributed by atoms with Gasteiger partial charge in [0.2, 0.25) is 0 Å². The van der Waals surface area contributed by atoms with E-state index in [0.717, 1.165) is 53.2 Å². The standard InChI is InChI=1S/C30H29F2N5O3S/c1-19-4-6-24(7-5-19)41(38,39)37-18-27(25-13-22(31)14-28(32)29(25)40-3)26-12-20(15-33-30(26)37)21-16-34-36(17-21)23-8-10-35(2)11-9-23/h4-7,12-18,23H,8-11H2,1-3H3. The Kier molecular flexibility index (Phi) is 6.87. The summed E-state index contributed by atoms with van der Waals surface area (Å²) in [6, 6.07) is 10.4. The lowest BCUT2D eigenvalue weighted by Gasteiger charge is -2.28. The zero-order chi connectivity index (χ0) is 28.9. The fourth-order valence-corrected chi connectivity index (χ4v) is 6.70. The summed E-state index contributed by atoms with van der Waals surface area (Å²) in [4.78, 5) is 6.91. The lowest BCUT2D eigenvalue weighted by Crippen LogP contribution is -2.31. The van der Waals surface area contributed by atoms with Gasteiger partial charge in [0.15, 0.2) is 17.2 Å². The van der Waals surface area contributed by atoms with Gasteiger partial charge in [0.1, 0.15) is 5.82 Å². The summed E-state index contributed by atoms with van der Waals surface area (Å²) in [7, 11) is -0.710. The molecule has 212 valence electrons. The highest BCUT2D eigenvalue weighted by Gasteiger charge is 2.26. The lowest BCUT2D eigenvalue weighted by atomic mass is 10.0. The van der Waals surface area contributed by atoms with Gasteiger partial charge in [-0.3, -0.25) is 4.68 Å². The van der Waals surface area contributed by atoms with Gasteiger partial charge in [-0.15, -0.1) is 0 Å². The third-order valence-electron chi connectivity index (χ3n) is 7.69. The molecule has 1 aliphatic rings. The van der Waals surface area contributed by atoms with Crippen LogP contribution in [-0.4, -0.2) is 59.3 Å². The molecule has 0 N–H and O–H groups in total. The number of pyridine rings is 1. The summed E-state index contributed by atoms with van der Waals surface area (Å²) in [5.41, 5.74) is 2.87. The molecule has 0 radical (unpaired) electrons. The maximum Gasteiger partial charge on any atom is 0.269 e. The molecule has 1 saturated heterocycles. The molecule has 3 aromatic heterocycles. The quantitative estimate of drug-likeness (QED) is 0.259. The maximum absolute atomic E-state index is 14.8. The average Bonchev–Trinajstić information content (AvgIpc) is 3.59. The van der Waals surface area contributed by atoms with Crippen LogP contribution in [0.25, 0.3) is 33.3 Å². The van der Waals surface area contributed by atoms with Crippen LogP contribution in [-0.2, 0) is 10.0 Å². The van der Waals surface area contributed by atoms with E-state index in [1.54, 1.807) is 30.6 Å². The number of aromatic nitrogens is 4. The van der Waals surface area contributed by atoms with E-state index in [2.05, 4.69) is 22.0 Å². The molecule has 6 rings (SSSR count). The van der Waals surface area contributed by atoms with Gasteiger partial charge in [-0.25, -0.2) is 26.2 Å². The Bertz CT molecular complexity index is 1860. The number of ether oxygens (including phenoxy) is 1. The molecule has 0 atom stereocenters. The summed E-state index contributed by atoms with van der Waals surface area (Å²) in [5.74, 6) is -1.91. The monoisotopic (exact) mass is 577 g/mol. The largest absolute Gasteiger partial charge is 0.493 e. The number of halogens is 2. The summed E-state index contributed by atoms with van der Waals surface area (Å²) in [6.45, 7) is 3.85. The third-order valence-corrected chi connectivity index (χ3v) is 9.35. The van der Waals surface area contributed by atoms with Gasteiger partial charge in [-0.2, -0.15) is 5.10 Å². The summed E-state index contributed by atoms with van der Waals surface area (Å²) in [5, 5.41) is 4.99. The Hall–Kier alpha value is -4.09. The molecule has 4 heterocycles. The molecule has 5 aromatic rings. The number of aryl methyl sites for hydroxylation is 1. The first kappa shape index (κ1) is 27.1. The molecule has 1 aliphatic heterocycles. The van der Waals surface area contributed by atoms with Crippen LogP contribution in [0.15, 0.2) is 72.1 Å². The van der Waals surface area contributed by atoms with Gasteiger partial charge in [0.05, 0.1) is 24.2 Å². The second-order valence-corrected chi connectivity index (χ2v) is 12.3. The Morgan fingerprint density at radius 3 is 2.39 bits per heavy atom. The minimum Gasteiger partial charge on any atom is -0.493 e. The Balaban J connectivity index is 1.53. The average molecular weight is 578 g/mol. The van der Waals surface area contributed by atoms with E-state index in [-0.39, 0.29) is 33.5 Å². The van der Waals surface area contributed by atoms with Gasteiger partial charge in [0, 0.05) is 52.3 Å².